The number of methoxy groups -OCH3 is 1. The molecule has 12 nitrogen and oxygen atoms in total. The van der Waals surface area contributed by atoms with Gasteiger partial charge in [0.05, 0.1) is 19.2 Å². The Morgan fingerprint density at radius 1 is 1.15 bits per heavy atom. The van der Waals surface area contributed by atoms with Crippen molar-refractivity contribution in [2.45, 2.75) is 12.8 Å². The fourth-order valence-corrected chi connectivity index (χ4v) is 4.95. The molecular formula is C27H29FN8O4. The van der Waals surface area contributed by atoms with Crippen molar-refractivity contribution >= 4 is 29.0 Å². The van der Waals surface area contributed by atoms with Crippen LogP contribution in [0.5, 0.6) is 0 Å². The highest BCUT2D eigenvalue weighted by atomic mass is 19.1. The van der Waals surface area contributed by atoms with E-state index in [-0.39, 0.29) is 23.0 Å². The highest BCUT2D eigenvalue weighted by Gasteiger charge is 2.36. The second kappa shape index (κ2) is 10.2. The summed E-state index contributed by atoms with van der Waals surface area (Å²) in [5, 5.41) is 6.81. The Balaban J connectivity index is 1.19. The minimum atomic E-state index is -0.519. The number of ether oxygens (including phenoxy) is 1. The molecular weight excluding hydrogens is 519 g/mol. The van der Waals surface area contributed by atoms with Gasteiger partial charge in [-0.1, -0.05) is 5.16 Å². The van der Waals surface area contributed by atoms with Gasteiger partial charge in [0.15, 0.2) is 0 Å². The van der Waals surface area contributed by atoms with Crippen LogP contribution in [-0.4, -0.2) is 94.8 Å². The van der Waals surface area contributed by atoms with Crippen molar-refractivity contribution in [3.05, 3.63) is 59.6 Å². The molecule has 40 heavy (non-hydrogen) atoms. The molecule has 3 aromatic heterocycles. The van der Waals surface area contributed by atoms with Crippen molar-refractivity contribution in [2.75, 3.05) is 63.6 Å². The van der Waals surface area contributed by atoms with Crippen LogP contribution in [0.25, 0.3) is 17.0 Å². The monoisotopic (exact) mass is 548 g/mol. The van der Waals surface area contributed by atoms with E-state index >= 15 is 0 Å². The fourth-order valence-electron chi connectivity index (χ4n) is 4.95. The molecule has 0 aliphatic carbocycles. The minimum absolute atomic E-state index is 0.123. The average Bonchev–Trinajstić information content (AvgIpc) is 3.58. The molecule has 0 spiro atoms. The van der Waals surface area contributed by atoms with Crippen molar-refractivity contribution in [1.82, 2.24) is 29.3 Å². The van der Waals surface area contributed by atoms with Gasteiger partial charge in [-0.05, 0) is 32.2 Å². The van der Waals surface area contributed by atoms with Gasteiger partial charge in [0.1, 0.15) is 17.2 Å². The third-order valence-electron chi connectivity index (χ3n) is 7.55. The highest BCUT2D eigenvalue weighted by molar-refractivity contribution is 6.04. The molecule has 2 fully saturated rings. The summed E-state index contributed by atoms with van der Waals surface area (Å²) in [5.41, 5.74) is 2.96. The minimum Gasteiger partial charge on any atom is -0.453 e. The molecule has 4 aromatic rings. The Morgan fingerprint density at radius 3 is 2.67 bits per heavy atom. The van der Waals surface area contributed by atoms with E-state index in [2.05, 4.69) is 37.3 Å². The number of pyridine rings is 1. The van der Waals surface area contributed by atoms with Gasteiger partial charge in [0, 0.05) is 74.0 Å². The number of fused-ring (bicyclic) bond motifs is 1. The van der Waals surface area contributed by atoms with Crippen LogP contribution in [0.2, 0.25) is 0 Å². The van der Waals surface area contributed by atoms with Crippen LogP contribution in [0.3, 0.4) is 0 Å². The normalized spacial score (nSPS) is 16.3. The van der Waals surface area contributed by atoms with Crippen LogP contribution in [0.1, 0.15) is 27.9 Å². The second-order valence-corrected chi connectivity index (χ2v) is 10.2. The number of benzene rings is 1. The van der Waals surface area contributed by atoms with E-state index in [1.165, 1.54) is 24.3 Å². The molecule has 2 amide bonds. The summed E-state index contributed by atoms with van der Waals surface area (Å²) in [4.78, 5) is 39.8. The van der Waals surface area contributed by atoms with Crippen LogP contribution in [0.15, 0.2) is 41.2 Å². The number of likely N-dealkylation sites (tertiary alicyclic amines) is 1. The van der Waals surface area contributed by atoms with Crippen molar-refractivity contribution in [1.29, 1.82) is 0 Å². The quantitative estimate of drug-likeness (QED) is 0.401. The van der Waals surface area contributed by atoms with Gasteiger partial charge in [-0.25, -0.2) is 14.2 Å². The number of nitrogens with one attached hydrogen (secondary N) is 1. The van der Waals surface area contributed by atoms with Gasteiger partial charge in [-0.3, -0.25) is 9.20 Å². The fraction of sp³-hybridized carbons (Fsp3) is 0.370. The van der Waals surface area contributed by atoms with Crippen LogP contribution in [0.4, 0.5) is 20.6 Å². The number of hydrogen-bond donors (Lipinski definition) is 1. The van der Waals surface area contributed by atoms with Crippen molar-refractivity contribution in [3.63, 3.8) is 0 Å². The molecule has 208 valence electrons. The highest BCUT2D eigenvalue weighted by Crippen LogP contribution is 2.31. The molecule has 1 N–H and O–H groups in total. The summed E-state index contributed by atoms with van der Waals surface area (Å²) >= 11 is 0. The van der Waals surface area contributed by atoms with Gasteiger partial charge in [0.25, 0.3) is 5.91 Å². The van der Waals surface area contributed by atoms with E-state index in [1.807, 2.05) is 18.3 Å². The average molecular weight is 549 g/mol. The number of likely N-dealkylation sites (N-methyl/N-ethyl adjacent to an activating group) is 1. The standard InChI is InChI=1S/C27H29FN8O4/c1-16-20(28)10-17(24-31-26(40-32-24)18-14-35(15-18)27(38)39-3)11-21(16)30-25(37)22-13-29-23-12-19(4-5-36(22)23)34-8-6-33(2)7-9-34/h4-5,10-13,18H,6-9,14-15H2,1-3H3,(H,30,37). The predicted octanol–water partition coefficient (Wildman–Crippen LogP) is 3.00. The maximum absolute atomic E-state index is 14.9. The molecule has 0 radical (unpaired) electrons. The molecule has 0 bridgehead atoms. The summed E-state index contributed by atoms with van der Waals surface area (Å²) in [5.74, 6) is -0.530. The third kappa shape index (κ3) is 4.72. The van der Waals surface area contributed by atoms with Crippen molar-refractivity contribution in [3.8, 4) is 11.4 Å². The summed E-state index contributed by atoms with van der Waals surface area (Å²) in [6.45, 7) is 6.21. The maximum atomic E-state index is 14.9. The molecule has 13 heteroatoms. The van der Waals surface area contributed by atoms with Crippen LogP contribution in [-0.2, 0) is 4.74 Å². The number of anilines is 2. The zero-order valence-corrected chi connectivity index (χ0v) is 22.4. The van der Waals surface area contributed by atoms with Crippen LogP contribution in [0, 0.1) is 12.7 Å². The van der Waals surface area contributed by atoms with Gasteiger partial charge in [0.2, 0.25) is 11.7 Å². The molecule has 2 aliphatic rings. The zero-order valence-electron chi connectivity index (χ0n) is 22.4. The SMILES string of the molecule is COC(=O)N1CC(c2nc(-c3cc(F)c(C)c(NC(=O)c4cnc5cc(N6CCN(C)CC6)ccn45)c3)no2)C1. The number of hydrogen-bond acceptors (Lipinski definition) is 9. The number of aromatic nitrogens is 4. The molecule has 2 aliphatic heterocycles. The third-order valence-corrected chi connectivity index (χ3v) is 7.55. The molecule has 6 rings (SSSR count). The van der Waals surface area contributed by atoms with E-state index in [4.69, 9.17) is 9.26 Å². The molecule has 1 aromatic carbocycles. The van der Waals surface area contributed by atoms with Crippen LogP contribution < -0.4 is 10.2 Å². The first-order valence-electron chi connectivity index (χ1n) is 13.0. The maximum Gasteiger partial charge on any atom is 0.409 e. The molecule has 0 atom stereocenters. The van der Waals surface area contributed by atoms with Crippen molar-refractivity contribution in [2.24, 2.45) is 0 Å². The van der Waals surface area contributed by atoms with E-state index < -0.39 is 17.8 Å². The van der Waals surface area contributed by atoms with Gasteiger partial charge < -0.3 is 29.3 Å². The first-order chi connectivity index (χ1) is 19.3. The van der Waals surface area contributed by atoms with E-state index in [0.29, 0.717) is 35.9 Å². The summed E-state index contributed by atoms with van der Waals surface area (Å²) in [7, 11) is 3.43. The number of piperazine rings is 1. The summed E-state index contributed by atoms with van der Waals surface area (Å²) in [6.07, 6.45) is 2.92. The number of carbonyl (C=O) groups excluding carboxylic acids is 2. The lowest BCUT2D eigenvalue weighted by atomic mass is 10.0. The number of amides is 2. The van der Waals surface area contributed by atoms with Crippen molar-refractivity contribution < 1.29 is 23.2 Å². The molecule has 0 unspecified atom stereocenters. The van der Waals surface area contributed by atoms with E-state index in [1.54, 1.807) is 17.4 Å². The largest absolute Gasteiger partial charge is 0.453 e. The number of rotatable bonds is 5. The van der Waals surface area contributed by atoms with Gasteiger partial charge in [-0.15, -0.1) is 0 Å². The Morgan fingerprint density at radius 2 is 1.93 bits per heavy atom. The molecule has 2 saturated heterocycles. The Kier molecular flexibility index (Phi) is 6.58. The number of imidazole rings is 1. The molecule has 0 saturated carbocycles. The Hall–Kier alpha value is -4.52. The number of carbonyl (C=O) groups is 2. The second-order valence-electron chi connectivity index (χ2n) is 10.2. The number of nitrogens with zero attached hydrogens (tertiary/aromatic N) is 7. The topological polar surface area (TPSA) is 121 Å². The Labute approximate surface area is 229 Å². The van der Waals surface area contributed by atoms with Gasteiger partial charge >= 0.3 is 6.09 Å². The smallest absolute Gasteiger partial charge is 0.409 e. The van der Waals surface area contributed by atoms with Gasteiger partial charge in [-0.2, -0.15) is 4.98 Å². The Bertz CT molecular complexity index is 1590. The van der Waals surface area contributed by atoms with E-state index in [9.17, 15) is 14.0 Å². The lowest BCUT2D eigenvalue weighted by molar-refractivity contribution is 0.0804. The zero-order chi connectivity index (χ0) is 28.0. The van der Waals surface area contributed by atoms with E-state index in [0.717, 1.165) is 31.9 Å². The number of halogens is 1. The predicted molar refractivity (Wildman–Crippen MR) is 144 cm³/mol. The summed E-state index contributed by atoms with van der Waals surface area (Å²) < 4.78 is 26.7. The molecule has 5 heterocycles. The first kappa shape index (κ1) is 25.7. The lowest BCUT2D eigenvalue weighted by Crippen LogP contribution is -2.48. The first-order valence-corrected chi connectivity index (χ1v) is 13.0. The lowest BCUT2D eigenvalue weighted by Gasteiger charge is -2.35. The summed E-state index contributed by atoms with van der Waals surface area (Å²) in [6, 6.07) is 6.85. The van der Waals surface area contributed by atoms with Crippen LogP contribution >= 0.6 is 0 Å².